The Morgan fingerprint density at radius 2 is 2.09 bits per heavy atom. The number of aromatic nitrogens is 2. The quantitative estimate of drug-likeness (QED) is 0.663. The number of benzene rings is 1. The Hall–Kier alpha value is -2.41. The van der Waals surface area contributed by atoms with Crippen molar-refractivity contribution in [3.8, 4) is 5.88 Å². The summed E-state index contributed by atoms with van der Waals surface area (Å²) in [6.07, 6.45) is 0.974. The molecule has 1 aromatic carbocycles. The fraction of sp³-hybridized carbons (Fsp3) is 0.286. The third kappa shape index (κ3) is 3.43. The molecule has 0 spiro atoms. The molecule has 8 heteroatoms. The lowest BCUT2D eigenvalue weighted by Crippen LogP contribution is -2.11. The largest absolute Gasteiger partial charge is 0.470 e. The van der Waals surface area contributed by atoms with E-state index in [9.17, 15) is 10.1 Å². The number of halogens is 1. The number of nitro groups is 1. The zero-order valence-electron chi connectivity index (χ0n) is 12.3. The molecular formula is C14H15ClN4O3. The van der Waals surface area contributed by atoms with Crippen molar-refractivity contribution in [3.63, 3.8) is 0 Å². The van der Waals surface area contributed by atoms with Crippen molar-refractivity contribution in [1.29, 1.82) is 0 Å². The summed E-state index contributed by atoms with van der Waals surface area (Å²) < 4.78 is 5.38. The number of hydrogen-bond donors (Lipinski definition) is 1. The van der Waals surface area contributed by atoms with Crippen LogP contribution in [0.5, 0.6) is 5.88 Å². The van der Waals surface area contributed by atoms with Crippen LogP contribution in [0.4, 0.5) is 17.2 Å². The van der Waals surface area contributed by atoms with Gasteiger partial charge in [-0.25, -0.2) is 4.98 Å². The fourth-order valence-corrected chi connectivity index (χ4v) is 1.97. The van der Waals surface area contributed by atoms with E-state index in [0.29, 0.717) is 10.7 Å². The van der Waals surface area contributed by atoms with Gasteiger partial charge < -0.3 is 10.1 Å². The molecule has 1 heterocycles. The molecule has 1 N–H and O–H groups in total. The summed E-state index contributed by atoms with van der Waals surface area (Å²) >= 11 is 6.05. The molecule has 7 nitrogen and oxygen atoms in total. The first kappa shape index (κ1) is 16.0. The molecule has 116 valence electrons. The Balaban J connectivity index is 2.46. The number of nitrogens with zero attached hydrogens (tertiary/aromatic N) is 3. The maximum Gasteiger partial charge on any atom is 0.373 e. The number of hydrogen-bond acceptors (Lipinski definition) is 6. The van der Waals surface area contributed by atoms with E-state index in [4.69, 9.17) is 16.3 Å². The van der Waals surface area contributed by atoms with E-state index in [-0.39, 0.29) is 23.5 Å². The lowest BCUT2D eigenvalue weighted by Gasteiger charge is -2.12. The van der Waals surface area contributed by atoms with Gasteiger partial charge in [0.1, 0.15) is 6.33 Å². The summed E-state index contributed by atoms with van der Waals surface area (Å²) in [5.74, 6) is -0.0156. The second-order valence-corrected chi connectivity index (χ2v) is 5.24. The molecule has 22 heavy (non-hydrogen) atoms. The van der Waals surface area contributed by atoms with E-state index >= 15 is 0 Å². The Morgan fingerprint density at radius 3 is 2.73 bits per heavy atom. The molecule has 0 atom stereocenters. The van der Waals surface area contributed by atoms with Gasteiger partial charge in [0.05, 0.1) is 11.0 Å². The summed E-state index contributed by atoms with van der Waals surface area (Å²) in [6.45, 7) is 5.34. The van der Waals surface area contributed by atoms with Crippen molar-refractivity contribution in [2.75, 3.05) is 5.32 Å². The molecule has 0 bridgehead atoms. The van der Waals surface area contributed by atoms with Gasteiger partial charge in [-0.3, -0.25) is 10.1 Å². The minimum atomic E-state index is -0.570. The Bertz CT molecular complexity index is 706. The van der Waals surface area contributed by atoms with Crippen LogP contribution in [0.2, 0.25) is 5.02 Å². The Kier molecular flexibility index (Phi) is 4.77. The van der Waals surface area contributed by atoms with Crippen LogP contribution in [0.25, 0.3) is 0 Å². The van der Waals surface area contributed by atoms with Crippen molar-refractivity contribution in [3.05, 3.63) is 45.2 Å². The zero-order valence-corrected chi connectivity index (χ0v) is 13.1. The van der Waals surface area contributed by atoms with Crippen molar-refractivity contribution in [2.45, 2.75) is 26.9 Å². The normalized spacial score (nSPS) is 10.6. The van der Waals surface area contributed by atoms with Gasteiger partial charge in [0.15, 0.2) is 0 Å². The molecule has 0 fully saturated rings. The second-order valence-electron chi connectivity index (χ2n) is 4.84. The molecule has 0 unspecified atom stereocenters. The van der Waals surface area contributed by atoms with Gasteiger partial charge in [0.25, 0.3) is 5.88 Å². The number of nitrogens with one attached hydrogen (secondary N) is 1. The van der Waals surface area contributed by atoms with Gasteiger partial charge >= 0.3 is 5.69 Å². The first-order valence-electron chi connectivity index (χ1n) is 6.58. The fourth-order valence-electron chi connectivity index (χ4n) is 1.80. The molecular weight excluding hydrogens is 308 g/mol. The maximum atomic E-state index is 11.3. The monoisotopic (exact) mass is 322 g/mol. The van der Waals surface area contributed by atoms with Crippen molar-refractivity contribution >= 4 is 28.8 Å². The third-order valence-electron chi connectivity index (χ3n) is 2.84. The average Bonchev–Trinajstić information content (AvgIpc) is 2.43. The molecule has 0 aliphatic rings. The van der Waals surface area contributed by atoms with Gasteiger partial charge in [-0.2, -0.15) is 4.98 Å². The summed E-state index contributed by atoms with van der Waals surface area (Å²) in [5.41, 5.74) is 1.09. The van der Waals surface area contributed by atoms with E-state index in [1.165, 1.54) is 6.33 Å². The summed E-state index contributed by atoms with van der Waals surface area (Å²) in [4.78, 5) is 18.6. The molecule has 2 aromatic rings. The molecule has 0 radical (unpaired) electrons. The summed E-state index contributed by atoms with van der Waals surface area (Å²) in [7, 11) is 0. The van der Waals surface area contributed by atoms with Crippen LogP contribution in [0, 0.1) is 17.0 Å². The van der Waals surface area contributed by atoms with E-state index in [1.807, 2.05) is 6.92 Å². The lowest BCUT2D eigenvalue weighted by atomic mass is 10.2. The Morgan fingerprint density at radius 1 is 1.36 bits per heavy atom. The maximum absolute atomic E-state index is 11.3. The minimum Gasteiger partial charge on any atom is -0.470 e. The minimum absolute atomic E-state index is 0.0565. The van der Waals surface area contributed by atoms with E-state index < -0.39 is 4.92 Å². The number of ether oxygens (including phenoxy) is 1. The van der Waals surface area contributed by atoms with Crippen LogP contribution >= 0.6 is 11.6 Å². The number of anilines is 2. The highest BCUT2D eigenvalue weighted by molar-refractivity contribution is 6.31. The molecule has 0 saturated heterocycles. The van der Waals surface area contributed by atoms with Gasteiger partial charge in [0, 0.05) is 10.7 Å². The Labute approximate surface area is 132 Å². The van der Waals surface area contributed by atoms with Crippen LogP contribution in [-0.2, 0) is 0 Å². The van der Waals surface area contributed by atoms with Crippen molar-refractivity contribution < 1.29 is 9.66 Å². The smallest absolute Gasteiger partial charge is 0.373 e. The predicted molar refractivity (Wildman–Crippen MR) is 83.9 cm³/mol. The van der Waals surface area contributed by atoms with Crippen LogP contribution in [0.15, 0.2) is 24.5 Å². The first-order chi connectivity index (χ1) is 10.4. The van der Waals surface area contributed by atoms with Crippen LogP contribution < -0.4 is 10.1 Å². The van der Waals surface area contributed by atoms with Crippen molar-refractivity contribution in [2.24, 2.45) is 0 Å². The lowest BCUT2D eigenvalue weighted by molar-refractivity contribution is -0.385. The van der Waals surface area contributed by atoms with Crippen LogP contribution in [-0.4, -0.2) is 21.0 Å². The molecule has 0 saturated carbocycles. The molecule has 0 aliphatic carbocycles. The summed E-state index contributed by atoms with van der Waals surface area (Å²) in [6, 6.07) is 5.25. The van der Waals surface area contributed by atoms with E-state index in [2.05, 4.69) is 15.3 Å². The van der Waals surface area contributed by atoms with Gasteiger partial charge in [-0.15, -0.1) is 0 Å². The average molecular weight is 323 g/mol. The topological polar surface area (TPSA) is 90.2 Å². The number of rotatable bonds is 5. The van der Waals surface area contributed by atoms with E-state index in [1.54, 1.807) is 32.0 Å². The van der Waals surface area contributed by atoms with Gasteiger partial charge in [-0.1, -0.05) is 17.7 Å². The van der Waals surface area contributed by atoms with Gasteiger partial charge in [-0.05, 0) is 38.5 Å². The highest BCUT2D eigenvalue weighted by atomic mass is 35.5. The molecule has 0 amide bonds. The third-order valence-corrected chi connectivity index (χ3v) is 3.25. The standard InChI is InChI=1S/C14H15ClN4O3/c1-8(2)22-14-12(19(20)21)13(16-7-17-14)18-11-6-4-5-10(15)9(11)3/h4-8H,1-3H3,(H,16,17,18). The first-order valence-corrected chi connectivity index (χ1v) is 6.96. The molecule has 0 aliphatic heterocycles. The van der Waals surface area contributed by atoms with Gasteiger partial charge in [0.2, 0.25) is 5.82 Å². The molecule has 2 rings (SSSR count). The van der Waals surface area contributed by atoms with E-state index in [0.717, 1.165) is 5.56 Å². The van der Waals surface area contributed by atoms with Crippen LogP contribution in [0.1, 0.15) is 19.4 Å². The SMILES string of the molecule is Cc1c(Cl)cccc1Nc1ncnc(OC(C)C)c1[N+](=O)[O-]. The van der Waals surface area contributed by atoms with Crippen LogP contribution in [0.3, 0.4) is 0 Å². The predicted octanol–water partition coefficient (Wildman–Crippen LogP) is 3.88. The second kappa shape index (κ2) is 6.57. The van der Waals surface area contributed by atoms with Crippen molar-refractivity contribution in [1.82, 2.24) is 9.97 Å². The highest BCUT2D eigenvalue weighted by Gasteiger charge is 2.25. The zero-order chi connectivity index (χ0) is 16.3. The highest BCUT2D eigenvalue weighted by Crippen LogP contribution is 2.34. The summed E-state index contributed by atoms with van der Waals surface area (Å²) in [5, 5.41) is 14.8. The molecule has 1 aromatic heterocycles.